The highest BCUT2D eigenvalue weighted by Crippen LogP contribution is 2.18. The van der Waals surface area contributed by atoms with Gasteiger partial charge in [-0.05, 0) is 43.4 Å². The molecule has 2 N–H and O–H groups in total. The van der Waals surface area contributed by atoms with Crippen LogP contribution in [-0.2, 0) is 19.4 Å². The van der Waals surface area contributed by atoms with Crippen molar-refractivity contribution in [3.63, 3.8) is 0 Å². The van der Waals surface area contributed by atoms with Gasteiger partial charge in [0.05, 0.1) is 5.69 Å². The van der Waals surface area contributed by atoms with Crippen LogP contribution < -0.4 is 10.9 Å². The summed E-state index contributed by atoms with van der Waals surface area (Å²) in [5.41, 5.74) is 2.69. The third kappa shape index (κ3) is 2.82. The van der Waals surface area contributed by atoms with Crippen LogP contribution in [0.4, 0.5) is 4.39 Å². The molecule has 2 heterocycles. The molecule has 1 amide bonds. The number of nitrogens with zero attached hydrogens (tertiary/aromatic N) is 2. The summed E-state index contributed by atoms with van der Waals surface area (Å²) in [7, 11) is 0. The van der Waals surface area contributed by atoms with Gasteiger partial charge in [0.2, 0.25) is 0 Å². The van der Waals surface area contributed by atoms with Gasteiger partial charge in [-0.2, -0.15) is 0 Å². The Morgan fingerprint density at radius 2 is 2.16 bits per heavy atom. The number of H-pyrrole nitrogens is 1. The largest absolute Gasteiger partial charge is 0.348 e. The molecule has 0 radical (unpaired) electrons. The fourth-order valence-electron chi connectivity index (χ4n) is 3.24. The van der Waals surface area contributed by atoms with Gasteiger partial charge in [-0.15, -0.1) is 0 Å². The Balaban J connectivity index is 1.64. The minimum absolute atomic E-state index is 0.135. The number of amides is 1. The first-order valence-electron chi connectivity index (χ1n) is 8.28. The Morgan fingerprint density at radius 1 is 1.32 bits per heavy atom. The molecule has 0 fully saturated rings. The maximum absolute atomic E-state index is 13.2. The van der Waals surface area contributed by atoms with Crippen LogP contribution >= 0.6 is 0 Å². The van der Waals surface area contributed by atoms with Crippen LogP contribution in [0.3, 0.4) is 0 Å². The number of benzene rings is 1. The van der Waals surface area contributed by atoms with Crippen LogP contribution in [0.1, 0.15) is 40.0 Å². The summed E-state index contributed by atoms with van der Waals surface area (Å²) < 4.78 is 14.5. The zero-order valence-electron chi connectivity index (χ0n) is 13.5. The van der Waals surface area contributed by atoms with Crippen molar-refractivity contribution in [2.24, 2.45) is 0 Å². The minimum Gasteiger partial charge on any atom is -0.348 e. The van der Waals surface area contributed by atoms with Crippen molar-refractivity contribution in [2.45, 2.75) is 32.2 Å². The normalized spacial score (nSPS) is 13.6. The third-order valence-electron chi connectivity index (χ3n) is 4.52. The predicted octanol–water partition coefficient (Wildman–Crippen LogP) is 1.97. The first kappa shape index (κ1) is 15.6. The molecule has 1 aliphatic carbocycles. The number of halogens is 1. The van der Waals surface area contributed by atoms with Crippen molar-refractivity contribution < 1.29 is 9.18 Å². The average molecular weight is 340 g/mol. The number of carbonyl (C=O) groups is 1. The third-order valence-corrected chi connectivity index (χ3v) is 4.52. The van der Waals surface area contributed by atoms with Crippen LogP contribution in [0, 0.1) is 5.82 Å². The lowest BCUT2D eigenvalue weighted by Crippen LogP contribution is -2.26. The van der Waals surface area contributed by atoms with E-state index in [9.17, 15) is 14.0 Å². The van der Waals surface area contributed by atoms with Gasteiger partial charge in [0.25, 0.3) is 11.5 Å². The molecule has 3 aromatic rings. The SMILES string of the molecule is O=C(NCc1cccc(F)c1)c1c[nH]n2c(=O)c3c(nc12)CCCC3. The van der Waals surface area contributed by atoms with E-state index in [4.69, 9.17) is 0 Å². The van der Waals surface area contributed by atoms with Gasteiger partial charge >= 0.3 is 0 Å². The molecular formula is C18H17FN4O2. The van der Waals surface area contributed by atoms with Crippen molar-refractivity contribution in [1.29, 1.82) is 0 Å². The second-order valence-corrected chi connectivity index (χ2v) is 6.21. The van der Waals surface area contributed by atoms with E-state index in [1.807, 2.05) is 0 Å². The highest BCUT2D eigenvalue weighted by atomic mass is 19.1. The lowest BCUT2D eigenvalue weighted by Gasteiger charge is -2.13. The van der Waals surface area contributed by atoms with Crippen LogP contribution in [0.5, 0.6) is 0 Å². The first-order valence-corrected chi connectivity index (χ1v) is 8.28. The van der Waals surface area contributed by atoms with Crippen LogP contribution in [0.25, 0.3) is 5.65 Å². The average Bonchev–Trinajstić information content (AvgIpc) is 3.04. The highest BCUT2D eigenvalue weighted by molar-refractivity contribution is 5.99. The number of aromatic nitrogens is 3. The summed E-state index contributed by atoms with van der Waals surface area (Å²) in [6.07, 6.45) is 4.95. The maximum atomic E-state index is 13.2. The van der Waals surface area contributed by atoms with E-state index in [-0.39, 0.29) is 23.8 Å². The number of aryl methyl sites for hydroxylation is 1. The zero-order valence-corrected chi connectivity index (χ0v) is 13.5. The molecule has 7 heteroatoms. The molecule has 0 atom stereocenters. The second kappa shape index (κ2) is 6.16. The van der Waals surface area contributed by atoms with E-state index in [0.29, 0.717) is 16.8 Å². The second-order valence-electron chi connectivity index (χ2n) is 6.21. The number of hydrogen-bond donors (Lipinski definition) is 2. The van der Waals surface area contributed by atoms with E-state index in [1.54, 1.807) is 12.1 Å². The quantitative estimate of drug-likeness (QED) is 0.765. The fraction of sp³-hybridized carbons (Fsp3) is 0.278. The smallest absolute Gasteiger partial charge is 0.276 e. The van der Waals surface area contributed by atoms with Crippen LogP contribution in [0.15, 0.2) is 35.3 Å². The Kier molecular flexibility index (Phi) is 3.83. The molecule has 2 aromatic heterocycles. The van der Waals surface area contributed by atoms with Gasteiger partial charge in [0.15, 0.2) is 5.65 Å². The molecule has 0 saturated heterocycles. The summed E-state index contributed by atoms with van der Waals surface area (Å²) in [4.78, 5) is 29.6. The van der Waals surface area contributed by atoms with Crippen LogP contribution in [0.2, 0.25) is 0 Å². The number of rotatable bonds is 3. The molecule has 0 spiro atoms. The summed E-state index contributed by atoms with van der Waals surface area (Å²) in [6.45, 7) is 0.198. The monoisotopic (exact) mass is 340 g/mol. The molecule has 1 aliphatic rings. The van der Waals surface area contributed by atoms with Gasteiger partial charge in [-0.3, -0.25) is 14.7 Å². The lowest BCUT2D eigenvalue weighted by atomic mass is 9.97. The highest BCUT2D eigenvalue weighted by Gasteiger charge is 2.21. The Hall–Kier alpha value is -2.96. The number of fused-ring (bicyclic) bond motifs is 2. The van der Waals surface area contributed by atoms with Gasteiger partial charge in [-0.25, -0.2) is 13.9 Å². The number of aromatic amines is 1. The van der Waals surface area contributed by atoms with Crippen molar-refractivity contribution >= 4 is 11.6 Å². The topological polar surface area (TPSA) is 79.3 Å². The van der Waals surface area contributed by atoms with Gasteiger partial charge in [0, 0.05) is 18.3 Å². The number of nitrogens with one attached hydrogen (secondary N) is 2. The molecule has 25 heavy (non-hydrogen) atoms. The van der Waals surface area contributed by atoms with Crippen LogP contribution in [-0.4, -0.2) is 20.5 Å². The molecule has 6 nitrogen and oxygen atoms in total. The number of hydrogen-bond acceptors (Lipinski definition) is 3. The van der Waals surface area contributed by atoms with Gasteiger partial charge in [0.1, 0.15) is 11.4 Å². The summed E-state index contributed by atoms with van der Waals surface area (Å²) >= 11 is 0. The molecule has 128 valence electrons. The first-order chi connectivity index (χ1) is 12.1. The molecule has 0 saturated carbocycles. The van der Waals surface area contributed by atoms with E-state index in [2.05, 4.69) is 15.4 Å². The molecule has 0 aliphatic heterocycles. The summed E-state index contributed by atoms with van der Waals surface area (Å²) in [5.74, 6) is -0.704. The molecule has 0 unspecified atom stereocenters. The van der Waals surface area contributed by atoms with Crippen molar-refractivity contribution in [1.82, 2.24) is 19.9 Å². The number of carbonyl (C=O) groups excluding carboxylic acids is 1. The van der Waals surface area contributed by atoms with E-state index >= 15 is 0 Å². The summed E-state index contributed by atoms with van der Waals surface area (Å²) in [6, 6.07) is 6.05. The van der Waals surface area contributed by atoms with Gasteiger partial charge in [-0.1, -0.05) is 12.1 Å². The van der Waals surface area contributed by atoms with Crippen molar-refractivity contribution in [3.05, 3.63) is 69.0 Å². The van der Waals surface area contributed by atoms with Crippen molar-refractivity contribution in [3.8, 4) is 0 Å². The predicted molar refractivity (Wildman–Crippen MR) is 90.0 cm³/mol. The Bertz CT molecular complexity index is 1020. The fourth-order valence-corrected chi connectivity index (χ4v) is 3.24. The standard InChI is InChI=1S/C18H17FN4O2/c19-12-5-3-4-11(8-12)9-20-17(24)14-10-21-23-16(14)22-15-7-2-1-6-13(15)18(23)25/h3-5,8,10,21H,1-2,6-7,9H2,(H,20,24). The Labute approximate surface area is 142 Å². The molecular weight excluding hydrogens is 323 g/mol. The molecule has 4 rings (SSSR count). The minimum atomic E-state index is -0.356. The zero-order chi connectivity index (χ0) is 17.4. The Morgan fingerprint density at radius 3 is 3.00 bits per heavy atom. The van der Waals surface area contributed by atoms with E-state index in [0.717, 1.165) is 36.9 Å². The lowest BCUT2D eigenvalue weighted by molar-refractivity contribution is 0.0952. The summed E-state index contributed by atoms with van der Waals surface area (Å²) in [5, 5.41) is 5.55. The van der Waals surface area contributed by atoms with Gasteiger partial charge < -0.3 is 5.32 Å². The van der Waals surface area contributed by atoms with E-state index in [1.165, 1.54) is 22.8 Å². The van der Waals surface area contributed by atoms with Crippen molar-refractivity contribution in [2.75, 3.05) is 0 Å². The maximum Gasteiger partial charge on any atom is 0.276 e. The molecule has 0 bridgehead atoms. The van der Waals surface area contributed by atoms with E-state index < -0.39 is 0 Å². The molecule has 1 aromatic carbocycles.